The first-order chi connectivity index (χ1) is 31.0. The molecular weight excluding hydrogens is 779 g/mol. The molecule has 0 aromatic carbocycles. The molecule has 0 aliphatic rings. The van der Waals surface area contributed by atoms with Crippen LogP contribution in [0.2, 0.25) is 0 Å². The first kappa shape index (κ1) is 61.1. The van der Waals surface area contributed by atoms with Crippen LogP contribution in [0.15, 0.2) is 36.5 Å². The van der Waals surface area contributed by atoms with Gasteiger partial charge < -0.3 is 20.3 Å². The summed E-state index contributed by atoms with van der Waals surface area (Å²) in [5, 5.41) is 23.0. The van der Waals surface area contributed by atoms with Gasteiger partial charge >= 0.3 is 5.97 Å². The van der Waals surface area contributed by atoms with E-state index >= 15 is 0 Å². The molecule has 6 heteroatoms. The van der Waals surface area contributed by atoms with E-state index in [9.17, 15) is 19.8 Å². The standard InChI is InChI=1S/C57H107NO5/c1-3-5-7-9-11-13-15-30-33-37-41-45-49-55(60)54(53-59)58-56(61)50-46-42-38-34-31-27-25-23-21-19-17-16-18-20-22-24-26-28-32-36-40-44-48-52-63-57(62)51-47-43-39-35-29-14-12-10-8-6-4-2/h10,12,19,21,45,49,54-55,59-60H,3-9,11,13-18,20,22-44,46-48,50-53H2,1-2H3,(H,58,61)/b12-10-,21-19-,49-45+. The fourth-order valence-electron chi connectivity index (χ4n) is 8.31. The normalized spacial score (nSPS) is 12.9. The van der Waals surface area contributed by atoms with Gasteiger partial charge in [0, 0.05) is 12.8 Å². The van der Waals surface area contributed by atoms with Crippen molar-refractivity contribution in [2.75, 3.05) is 13.2 Å². The van der Waals surface area contributed by atoms with E-state index in [4.69, 9.17) is 4.74 Å². The van der Waals surface area contributed by atoms with E-state index in [1.54, 1.807) is 6.08 Å². The van der Waals surface area contributed by atoms with Crippen LogP contribution in [0.4, 0.5) is 0 Å². The number of aliphatic hydroxyl groups excluding tert-OH is 2. The smallest absolute Gasteiger partial charge is 0.305 e. The second kappa shape index (κ2) is 52.7. The summed E-state index contributed by atoms with van der Waals surface area (Å²) < 4.78 is 5.45. The number of carbonyl (C=O) groups is 2. The lowest BCUT2D eigenvalue weighted by Gasteiger charge is -2.20. The molecule has 0 bridgehead atoms. The highest BCUT2D eigenvalue weighted by Gasteiger charge is 2.18. The molecule has 0 aliphatic carbocycles. The molecular formula is C57H107NO5. The number of unbranched alkanes of at least 4 members (excludes halogenated alkanes) is 36. The Balaban J connectivity index is 3.43. The first-order valence-corrected chi connectivity index (χ1v) is 27.8. The van der Waals surface area contributed by atoms with Crippen molar-refractivity contribution in [3.05, 3.63) is 36.5 Å². The summed E-state index contributed by atoms with van der Waals surface area (Å²) in [6.07, 6.45) is 64.5. The minimum atomic E-state index is -0.847. The highest BCUT2D eigenvalue weighted by molar-refractivity contribution is 5.76. The summed E-state index contributed by atoms with van der Waals surface area (Å²) >= 11 is 0. The SMILES string of the molecule is CCCC/C=C\CCCCCCCC(=O)OCCCCCCCCCCCCCC/C=C\CCCCCCCCCC(=O)NC(CO)C(O)/C=C/CCCCCCCCCCCC. The van der Waals surface area contributed by atoms with E-state index in [0.717, 1.165) is 51.4 Å². The average molecular weight is 886 g/mol. The average Bonchev–Trinajstić information content (AvgIpc) is 3.28. The first-order valence-electron chi connectivity index (χ1n) is 27.8. The number of hydrogen-bond acceptors (Lipinski definition) is 5. The van der Waals surface area contributed by atoms with Gasteiger partial charge in [0.25, 0.3) is 0 Å². The number of ether oxygens (including phenoxy) is 1. The Morgan fingerprint density at radius 3 is 1.17 bits per heavy atom. The van der Waals surface area contributed by atoms with Crippen molar-refractivity contribution in [2.24, 2.45) is 0 Å². The summed E-state index contributed by atoms with van der Waals surface area (Å²) in [5.74, 6) is -0.0761. The zero-order valence-corrected chi connectivity index (χ0v) is 42.1. The van der Waals surface area contributed by atoms with Crippen LogP contribution in [0.1, 0.15) is 290 Å². The predicted octanol–water partition coefficient (Wildman–Crippen LogP) is 16.9. The third-order valence-corrected chi connectivity index (χ3v) is 12.6. The van der Waals surface area contributed by atoms with E-state index in [0.29, 0.717) is 19.4 Å². The largest absolute Gasteiger partial charge is 0.466 e. The fraction of sp³-hybridized carbons (Fsp3) is 0.860. The topological polar surface area (TPSA) is 95.9 Å². The Labute approximate surface area is 392 Å². The summed E-state index contributed by atoms with van der Waals surface area (Å²) in [6.45, 7) is 4.85. The molecule has 0 aromatic rings. The quantitative estimate of drug-likeness (QED) is 0.0321. The molecule has 2 unspecified atom stereocenters. The third-order valence-electron chi connectivity index (χ3n) is 12.6. The Morgan fingerprint density at radius 2 is 0.762 bits per heavy atom. The molecule has 0 saturated heterocycles. The van der Waals surface area contributed by atoms with Gasteiger partial charge in [-0.25, -0.2) is 0 Å². The van der Waals surface area contributed by atoms with Gasteiger partial charge in [0.15, 0.2) is 0 Å². The van der Waals surface area contributed by atoms with Crippen LogP contribution in [0.5, 0.6) is 0 Å². The van der Waals surface area contributed by atoms with Crippen LogP contribution >= 0.6 is 0 Å². The summed E-state index contributed by atoms with van der Waals surface area (Å²) in [5.41, 5.74) is 0. The Morgan fingerprint density at radius 1 is 0.429 bits per heavy atom. The van der Waals surface area contributed by atoms with E-state index in [2.05, 4.69) is 43.5 Å². The number of nitrogens with one attached hydrogen (secondary N) is 1. The number of rotatable bonds is 51. The zero-order valence-electron chi connectivity index (χ0n) is 42.1. The van der Waals surface area contributed by atoms with Crippen molar-refractivity contribution in [1.82, 2.24) is 5.32 Å². The molecule has 6 nitrogen and oxygen atoms in total. The number of allylic oxidation sites excluding steroid dienone is 5. The molecule has 3 N–H and O–H groups in total. The molecule has 0 fully saturated rings. The molecule has 2 atom stereocenters. The van der Waals surface area contributed by atoms with E-state index < -0.39 is 12.1 Å². The molecule has 0 aliphatic heterocycles. The molecule has 370 valence electrons. The van der Waals surface area contributed by atoms with Crippen molar-refractivity contribution in [2.45, 2.75) is 302 Å². The van der Waals surface area contributed by atoms with E-state index in [-0.39, 0.29) is 18.5 Å². The van der Waals surface area contributed by atoms with Gasteiger partial charge in [-0.05, 0) is 77.0 Å². The van der Waals surface area contributed by atoms with Crippen molar-refractivity contribution in [1.29, 1.82) is 0 Å². The van der Waals surface area contributed by atoms with Crippen LogP contribution in [-0.2, 0) is 14.3 Å². The highest BCUT2D eigenvalue weighted by Crippen LogP contribution is 2.16. The minimum Gasteiger partial charge on any atom is -0.466 e. The van der Waals surface area contributed by atoms with Crippen LogP contribution in [0.3, 0.4) is 0 Å². The number of esters is 1. The zero-order chi connectivity index (χ0) is 45.8. The van der Waals surface area contributed by atoms with Crippen molar-refractivity contribution in [3.63, 3.8) is 0 Å². The maximum Gasteiger partial charge on any atom is 0.305 e. The summed E-state index contributed by atoms with van der Waals surface area (Å²) in [4.78, 5) is 24.4. The molecule has 0 radical (unpaired) electrons. The van der Waals surface area contributed by atoms with Crippen LogP contribution in [-0.4, -0.2) is 47.4 Å². The van der Waals surface area contributed by atoms with Crippen molar-refractivity contribution >= 4 is 11.9 Å². The maximum atomic E-state index is 12.4. The van der Waals surface area contributed by atoms with Gasteiger partial charge in [0.1, 0.15) is 0 Å². The van der Waals surface area contributed by atoms with Gasteiger partial charge in [-0.2, -0.15) is 0 Å². The number of carbonyl (C=O) groups excluding carboxylic acids is 2. The monoisotopic (exact) mass is 886 g/mol. The molecule has 63 heavy (non-hydrogen) atoms. The molecule has 0 heterocycles. The predicted molar refractivity (Wildman–Crippen MR) is 273 cm³/mol. The van der Waals surface area contributed by atoms with E-state index in [1.165, 1.54) is 212 Å². The lowest BCUT2D eigenvalue weighted by molar-refractivity contribution is -0.143. The van der Waals surface area contributed by atoms with Gasteiger partial charge in [-0.3, -0.25) is 9.59 Å². The second-order valence-corrected chi connectivity index (χ2v) is 18.9. The van der Waals surface area contributed by atoms with Gasteiger partial charge in [0.05, 0.1) is 25.4 Å². The Kier molecular flexibility index (Phi) is 51.1. The van der Waals surface area contributed by atoms with Gasteiger partial charge in [-0.1, -0.05) is 237 Å². The molecule has 0 spiro atoms. The number of hydrogen-bond donors (Lipinski definition) is 3. The molecule has 0 saturated carbocycles. The van der Waals surface area contributed by atoms with Gasteiger partial charge in [-0.15, -0.1) is 0 Å². The molecule has 1 amide bonds. The van der Waals surface area contributed by atoms with Crippen LogP contribution < -0.4 is 5.32 Å². The number of amides is 1. The third kappa shape index (κ3) is 49.4. The van der Waals surface area contributed by atoms with E-state index in [1.807, 2.05) is 6.08 Å². The molecule has 0 aromatic heterocycles. The lowest BCUT2D eigenvalue weighted by Crippen LogP contribution is -2.45. The highest BCUT2D eigenvalue weighted by atomic mass is 16.5. The van der Waals surface area contributed by atoms with Crippen molar-refractivity contribution < 1.29 is 24.5 Å². The number of aliphatic hydroxyl groups is 2. The van der Waals surface area contributed by atoms with Crippen LogP contribution in [0, 0.1) is 0 Å². The van der Waals surface area contributed by atoms with Gasteiger partial charge in [0.2, 0.25) is 5.91 Å². The Bertz CT molecular complexity index is 1020. The fourth-order valence-corrected chi connectivity index (χ4v) is 8.31. The Hall–Kier alpha value is -1.92. The summed E-state index contributed by atoms with van der Waals surface area (Å²) in [7, 11) is 0. The molecule has 0 rings (SSSR count). The minimum absolute atomic E-state index is 0.000708. The van der Waals surface area contributed by atoms with Crippen LogP contribution in [0.25, 0.3) is 0 Å². The second-order valence-electron chi connectivity index (χ2n) is 18.9. The maximum absolute atomic E-state index is 12.4. The van der Waals surface area contributed by atoms with Crippen molar-refractivity contribution in [3.8, 4) is 0 Å². The summed E-state index contributed by atoms with van der Waals surface area (Å²) in [6, 6.07) is -0.631. The lowest BCUT2D eigenvalue weighted by atomic mass is 10.0.